The van der Waals surface area contributed by atoms with Gasteiger partial charge in [0.05, 0.1) is 28.5 Å². The number of halogens is 2. The highest BCUT2D eigenvalue weighted by Crippen LogP contribution is 2.25. The van der Waals surface area contributed by atoms with E-state index in [4.69, 9.17) is 40.1 Å². The fourth-order valence-electron chi connectivity index (χ4n) is 10.1. The number of carbonyl (C=O) groups is 5. The first-order valence-corrected chi connectivity index (χ1v) is 27.4. The minimum absolute atomic E-state index is 0.0126. The summed E-state index contributed by atoms with van der Waals surface area (Å²) < 4.78 is 0. The molecule has 18 heteroatoms. The third kappa shape index (κ3) is 16.8. The highest BCUT2D eigenvalue weighted by Gasteiger charge is 2.37. The quantitative estimate of drug-likeness (QED) is 0.0231. The highest BCUT2D eigenvalue weighted by atomic mass is 35.5. The van der Waals surface area contributed by atoms with Crippen LogP contribution >= 0.6 is 23.2 Å². The molecule has 0 saturated carbocycles. The Morgan fingerprint density at radius 3 is 2.13 bits per heavy atom. The van der Waals surface area contributed by atoms with Crippen LogP contribution in [-0.4, -0.2) is 128 Å². The van der Waals surface area contributed by atoms with Gasteiger partial charge < -0.3 is 53.2 Å². The maximum Gasteiger partial charge on any atom is 0.251 e. The molecule has 2 fully saturated rings. The zero-order chi connectivity index (χ0) is 54.7. The van der Waals surface area contributed by atoms with E-state index in [2.05, 4.69) is 58.7 Å². The zero-order valence-corrected chi connectivity index (χ0v) is 45.8. The second kappa shape index (κ2) is 29.3. The molecule has 7 rings (SSSR count). The predicted molar refractivity (Wildman–Crippen MR) is 305 cm³/mol. The summed E-state index contributed by atoms with van der Waals surface area (Å²) in [4.78, 5) is 69.7. The monoisotopic (exact) mass is 1080 g/mol. The van der Waals surface area contributed by atoms with E-state index in [1.807, 2.05) is 83.8 Å². The number of nitrogens with two attached hydrogens (primary N) is 2. The SMILES string of the molecule is CC[C@@H](CN1CC[C@@H](CNC(=O)c2ccc(Cl)c(Cl)c2)N[C@@H](CCN)C1=O)C(C)C.CNC(=O)[C@H](Cc1ccc2ccccc2c1)N1CC[C@H](CNC(=O)Cc2cccc3ccccc23)N[C@@H](CCCNC(=N)N)C1=O. The van der Waals surface area contributed by atoms with E-state index in [-0.39, 0.29) is 60.0 Å². The molecule has 0 aliphatic carbocycles. The van der Waals surface area contributed by atoms with Gasteiger partial charge >= 0.3 is 0 Å². The van der Waals surface area contributed by atoms with E-state index >= 15 is 0 Å². The standard InChI is InChI=1S/C36H43N7O3.C22H34Cl2N4O2/c1-39-34(45)32(21-24-15-16-25-8-2-3-10-27(25)20-24)43-19-17-29(42-31(35(43)46)14-7-18-40-36(37)38)23-41-33(44)22-28-12-6-11-26-9-4-5-13-30(26)28;1-4-15(14(2)3)13-28-10-8-17(27-20(7-9-25)22(28)30)12-26-21(29)16-5-6-18(23)19(24)11-16/h2-6,8-13,15-16,20,29,31-32,42H,7,14,17-19,21-23H2,1H3,(H,39,45)(H,41,44)(H4,37,38,40);5-6,11,14-15,17,20,27H,4,7-10,12-13,25H2,1-3H3,(H,26,29)/t29-,31+,32+;15-,17-,20-/m10/s1. The summed E-state index contributed by atoms with van der Waals surface area (Å²) in [7, 11) is 1.59. The van der Waals surface area contributed by atoms with Gasteiger partial charge in [-0.15, -0.1) is 0 Å². The molecule has 0 aromatic heterocycles. The van der Waals surface area contributed by atoms with E-state index in [1.54, 1.807) is 30.1 Å². The molecule has 5 amide bonds. The van der Waals surface area contributed by atoms with E-state index in [0.29, 0.717) is 98.8 Å². The maximum atomic E-state index is 14.1. The molecule has 2 aliphatic heterocycles. The van der Waals surface area contributed by atoms with Gasteiger partial charge in [0, 0.05) is 70.4 Å². The van der Waals surface area contributed by atoms with Crippen LogP contribution in [0.1, 0.15) is 80.8 Å². The van der Waals surface area contributed by atoms with Crippen molar-refractivity contribution in [3.8, 4) is 0 Å². The van der Waals surface area contributed by atoms with Gasteiger partial charge in [0.1, 0.15) is 6.04 Å². The molecular formula is C58H77Cl2N11O5. The second-order valence-corrected chi connectivity index (χ2v) is 21.0. The average molecular weight is 1080 g/mol. The number of rotatable bonds is 21. The number of benzene rings is 5. The van der Waals surface area contributed by atoms with E-state index in [0.717, 1.165) is 52.1 Å². The summed E-state index contributed by atoms with van der Waals surface area (Å²) in [6.45, 7) is 10.0. The first-order chi connectivity index (χ1) is 36.6. The van der Waals surface area contributed by atoms with Gasteiger partial charge in [-0.05, 0) is 101 Å². The van der Waals surface area contributed by atoms with Gasteiger partial charge in [0.15, 0.2) is 5.96 Å². The predicted octanol–water partition coefficient (Wildman–Crippen LogP) is 6.14. The van der Waals surface area contributed by atoms with Crippen LogP contribution in [-0.2, 0) is 32.0 Å². The summed E-state index contributed by atoms with van der Waals surface area (Å²) in [5.41, 5.74) is 13.6. The number of hydrogen-bond donors (Lipinski definition) is 9. The van der Waals surface area contributed by atoms with Crippen molar-refractivity contribution in [2.75, 3.05) is 52.9 Å². The number of amides is 5. The Bertz CT molecular complexity index is 2770. The number of carbonyl (C=O) groups excluding carboxylic acids is 5. The molecule has 0 radical (unpaired) electrons. The van der Waals surface area contributed by atoms with Crippen molar-refractivity contribution in [3.05, 3.63) is 130 Å². The molecule has 5 aromatic rings. The molecule has 2 saturated heterocycles. The van der Waals surface area contributed by atoms with E-state index in [1.165, 1.54) is 0 Å². The Balaban J connectivity index is 0.000000271. The largest absolute Gasteiger partial charge is 0.370 e. The normalized spacial score (nSPS) is 18.7. The molecule has 0 unspecified atom stereocenters. The van der Waals surface area contributed by atoms with Crippen LogP contribution in [0.3, 0.4) is 0 Å². The topological polar surface area (TPSA) is 240 Å². The lowest BCUT2D eigenvalue weighted by Crippen LogP contribution is -2.54. The van der Waals surface area contributed by atoms with Crippen LogP contribution in [0, 0.1) is 17.2 Å². The molecule has 16 nitrogen and oxygen atoms in total. The fourth-order valence-corrected chi connectivity index (χ4v) is 10.4. The lowest BCUT2D eigenvalue weighted by molar-refractivity contribution is -0.141. The third-order valence-electron chi connectivity index (χ3n) is 14.5. The number of fused-ring (bicyclic) bond motifs is 2. The molecular weight excluding hydrogens is 1000 g/mol. The maximum absolute atomic E-state index is 14.1. The lowest BCUT2D eigenvalue weighted by Gasteiger charge is -2.31. The summed E-state index contributed by atoms with van der Waals surface area (Å²) in [6.07, 6.45) is 4.64. The molecule has 408 valence electrons. The van der Waals surface area contributed by atoms with Crippen molar-refractivity contribution < 1.29 is 24.0 Å². The third-order valence-corrected chi connectivity index (χ3v) is 15.3. The Morgan fingerprint density at radius 2 is 1.45 bits per heavy atom. The van der Waals surface area contributed by atoms with Gasteiger partial charge in [-0.2, -0.15) is 0 Å². The zero-order valence-electron chi connectivity index (χ0n) is 44.3. The van der Waals surface area contributed by atoms with Crippen LogP contribution in [0.25, 0.3) is 21.5 Å². The van der Waals surface area contributed by atoms with E-state index < -0.39 is 12.1 Å². The Kier molecular flexibility index (Phi) is 22.7. The number of likely N-dealkylation sites (N-methyl/N-ethyl adjacent to an activating group) is 1. The van der Waals surface area contributed by atoms with Crippen LogP contribution in [0.15, 0.2) is 103 Å². The minimum atomic E-state index is -0.696. The van der Waals surface area contributed by atoms with Gasteiger partial charge in [-0.1, -0.05) is 135 Å². The number of guanidine groups is 1. The molecule has 76 heavy (non-hydrogen) atoms. The molecule has 0 bridgehead atoms. The first-order valence-electron chi connectivity index (χ1n) is 26.6. The van der Waals surface area contributed by atoms with Crippen LogP contribution < -0.4 is 43.4 Å². The van der Waals surface area contributed by atoms with Gasteiger partial charge in [-0.3, -0.25) is 29.4 Å². The second-order valence-electron chi connectivity index (χ2n) is 20.2. The van der Waals surface area contributed by atoms with E-state index in [9.17, 15) is 24.0 Å². The van der Waals surface area contributed by atoms with Crippen LogP contribution in [0.5, 0.6) is 0 Å². The Labute approximate surface area is 457 Å². The first kappa shape index (κ1) is 59.0. The smallest absolute Gasteiger partial charge is 0.251 e. The summed E-state index contributed by atoms with van der Waals surface area (Å²) in [5.74, 6) is 0.298. The van der Waals surface area contributed by atoms with Crippen molar-refractivity contribution in [2.45, 2.75) is 102 Å². The number of hydrogen-bond acceptors (Lipinski definition) is 9. The van der Waals surface area contributed by atoms with Crippen molar-refractivity contribution in [3.63, 3.8) is 0 Å². The van der Waals surface area contributed by atoms with Crippen molar-refractivity contribution >= 4 is 80.2 Å². The van der Waals surface area contributed by atoms with Crippen LogP contribution in [0.4, 0.5) is 0 Å². The molecule has 11 N–H and O–H groups in total. The molecule has 2 aliphatic rings. The lowest BCUT2D eigenvalue weighted by atomic mass is 9.92. The number of nitrogens with zero attached hydrogens (tertiary/aromatic N) is 2. The van der Waals surface area contributed by atoms with Crippen molar-refractivity contribution in [1.29, 1.82) is 5.41 Å². The molecule has 6 atom stereocenters. The molecule has 0 spiro atoms. The summed E-state index contributed by atoms with van der Waals surface area (Å²) >= 11 is 11.9. The Hall–Kier alpha value is -6.30. The molecule has 5 aromatic carbocycles. The minimum Gasteiger partial charge on any atom is -0.370 e. The van der Waals surface area contributed by atoms with Gasteiger partial charge in [-0.25, -0.2) is 0 Å². The Morgan fingerprint density at radius 1 is 0.776 bits per heavy atom. The average Bonchev–Trinajstić information content (AvgIpc) is 3.66. The summed E-state index contributed by atoms with van der Waals surface area (Å²) in [6, 6.07) is 31.2. The van der Waals surface area contributed by atoms with Crippen LogP contribution in [0.2, 0.25) is 10.0 Å². The fraction of sp³-hybridized carbons (Fsp3) is 0.448. The highest BCUT2D eigenvalue weighted by molar-refractivity contribution is 6.42. The number of nitrogens with one attached hydrogen (secondary N) is 7. The summed E-state index contributed by atoms with van der Waals surface area (Å²) in [5, 5.41) is 31.0. The van der Waals surface area contributed by atoms with Crippen molar-refractivity contribution in [1.82, 2.24) is 41.7 Å². The van der Waals surface area contributed by atoms with Gasteiger partial charge in [0.2, 0.25) is 23.6 Å². The van der Waals surface area contributed by atoms with Crippen molar-refractivity contribution in [2.24, 2.45) is 23.3 Å². The van der Waals surface area contributed by atoms with Gasteiger partial charge in [0.25, 0.3) is 5.91 Å². The molecule has 2 heterocycles.